The van der Waals surface area contributed by atoms with Gasteiger partial charge in [-0.05, 0) is 49.7 Å². The van der Waals surface area contributed by atoms with Crippen molar-refractivity contribution in [1.82, 2.24) is 4.98 Å². The number of nitrogens with zero attached hydrogens (tertiary/aromatic N) is 2. The van der Waals surface area contributed by atoms with E-state index in [-0.39, 0.29) is 16.7 Å². The van der Waals surface area contributed by atoms with Crippen LogP contribution in [0.2, 0.25) is 0 Å². The summed E-state index contributed by atoms with van der Waals surface area (Å²) < 4.78 is 27.4. The number of piperidine rings is 1. The monoisotopic (exact) mass is 359 g/mol. The summed E-state index contributed by atoms with van der Waals surface area (Å²) in [5.74, 6) is -0.533. The molecule has 3 rings (SSSR count). The van der Waals surface area contributed by atoms with Gasteiger partial charge in [0.05, 0.1) is 16.3 Å². The first-order valence-electron chi connectivity index (χ1n) is 7.78. The van der Waals surface area contributed by atoms with Crippen LogP contribution in [0.5, 0.6) is 0 Å². The highest BCUT2D eigenvalue weighted by atomic mass is 32.2. The van der Waals surface area contributed by atoms with Crippen LogP contribution in [0.4, 0.5) is 11.4 Å². The summed E-state index contributed by atoms with van der Waals surface area (Å²) in [5, 5.41) is 0. The molecular formula is C17H17N3O4S. The summed E-state index contributed by atoms with van der Waals surface area (Å²) in [4.78, 5) is 29.0. The maximum Gasteiger partial charge on any atom is 0.261 e. The predicted octanol–water partition coefficient (Wildman–Crippen LogP) is 2.23. The van der Waals surface area contributed by atoms with E-state index in [1.807, 2.05) is 0 Å². The van der Waals surface area contributed by atoms with Crippen LogP contribution in [-0.2, 0) is 19.6 Å². The van der Waals surface area contributed by atoms with Crippen molar-refractivity contribution in [2.75, 3.05) is 9.62 Å². The summed E-state index contributed by atoms with van der Waals surface area (Å²) in [7, 11) is -3.77. The summed E-state index contributed by atoms with van der Waals surface area (Å²) in [6.45, 7) is 1.76. The van der Waals surface area contributed by atoms with Gasteiger partial charge in [0.2, 0.25) is 11.8 Å². The highest BCUT2D eigenvalue weighted by molar-refractivity contribution is 7.92. The normalized spacial score (nSPS) is 15.3. The van der Waals surface area contributed by atoms with Crippen molar-refractivity contribution in [1.29, 1.82) is 0 Å². The number of rotatable bonds is 4. The molecule has 25 heavy (non-hydrogen) atoms. The molecular weight excluding hydrogens is 342 g/mol. The molecule has 2 heterocycles. The van der Waals surface area contributed by atoms with Gasteiger partial charge in [0, 0.05) is 24.7 Å². The molecule has 0 bridgehead atoms. The van der Waals surface area contributed by atoms with Gasteiger partial charge in [-0.15, -0.1) is 0 Å². The number of carbonyl (C=O) groups is 2. The molecule has 1 aromatic heterocycles. The Labute approximate surface area is 145 Å². The second-order valence-corrected chi connectivity index (χ2v) is 7.44. The van der Waals surface area contributed by atoms with E-state index in [2.05, 4.69) is 9.71 Å². The lowest BCUT2D eigenvalue weighted by atomic mass is 10.1. The molecule has 1 aromatic carbocycles. The van der Waals surface area contributed by atoms with E-state index in [1.165, 1.54) is 30.5 Å². The molecule has 0 atom stereocenters. The third-order valence-corrected chi connectivity index (χ3v) is 5.23. The predicted molar refractivity (Wildman–Crippen MR) is 92.6 cm³/mol. The highest BCUT2D eigenvalue weighted by Gasteiger charge is 2.27. The zero-order chi connectivity index (χ0) is 18.0. The smallest absolute Gasteiger partial charge is 0.261 e. The van der Waals surface area contributed by atoms with Crippen LogP contribution in [-0.4, -0.2) is 25.2 Å². The van der Waals surface area contributed by atoms with E-state index in [0.29, 0.717) is 36.3 Å². The molecule has 130 valence electrons. The van der Waals surface area contributed by atoms with Gasteiger partial charge in [-0.25, -0.2) is 8.42 Å². The number of hydrogen-bond acceptors (Lipinski definition) is 5. The number of benzene rings is 1. The molecule has 7 nitrogen and oxygen atoms in total. The summed E-state index contributed by atoms with van der Waals surface area (Å²) >= 11 is 0. The SMILES string of the molecule is Cc1cc(NS(=O)(=O)c2ccc(N3C(=O)CCCC3=O)cc2)ccn1. The fraction of sp³-hybridized carbons (Fsp3) is 0.235. The minimum Gasteiger partial charge on any atom is -0.280 e. The number of pyridine rings is 1. The minimum absolute atomic E-state index is 0.0441. The van der Waals surface area contributed by atoms with Crippen LogP contribution in [0, 0.1) is 6.92 Å². The van der Waals surface area contributed by atoms with Crippen LogP contribution in [0.25, 0.3) is 0 Å². The average Bonchev–Trinajstić information content (AvgIpc) is 2.55. The van der Waals surface area contributed by atoms with Crippen molar-refractivity contribution >= 4 is 33.2 Å². The van der Waals surface area contributed by atoms with Crippen molar-refractivity contribution < 1.29 is 18.0 Å². The molecule has 0 unspecified atom stereocenters. The first-order valence-corrected chi connectivity index (χ1v) is 9.26. The Kier molecular flexibility index (Phi) is 4.54. The zero-order valence-corrected chi connectivity index (χ0v) is 14.4. The molecule has 1 aliphatic heterocycles. The van der Waals surface area contributed by atoms with E-state index in [9.17, 15) is 18.0 Å². The third kappa shape index (κ3) is 3.69. The van der Waals surface area contributed by atoms with Crippen LogP contribution in [0.15, 0.2) is 47.5 Å². The highest BCUT2D eigenvalue weighted by Crippen LogP contribution is 2.24. The van der Waals surface area contributed by atoms with Crippen LogP contribution in [0.1, 0.15) is 25.0 Å². The number of aromatic nitrogens is 1. The minimum atomic E-state index is -3.77. The standard InChI is InChI=1S/C17H17N3O4S/c1-12-11-13(9-10-18-12)19-25(23,24)15-7-5-14(6-8-15)20-16(21)3-2-4-17(20)22/h5-11H,2-4H2,1H3,(H,18,19). The maximum atomic E-state index is 12.5. The van der Waals surface area contributed by atoms with E-state index < -0.39 is 10.0 Å². The van der Waals surface area contributed by atoms with Crippen molar-refractivity contribution in [3.63, 3.8) is 0 Å². The van der Waals surface area contributed by atoms with Gasteiger partial charge in [0.25, 0.3) is 10.0 Å². The molecule has 0 radical (unpaired) electrons. The number of imide groups is 1. The fourth-order valence-electron chi connectivity index (χ4n) is 2.64. The molecule has 1 N–H and O–H groups in total. The van der Waals surface area contributed by atoms with Gasteiger partial charge in [0.1, 0.15) is 0 Å². The third-order valence-electron chi connectivity index (χ3n) is 3.83. The molecule has 2 amide bonds. The molecule has 0 aliphatic carbocycles. The molecule has 2 aromatic rings. The van der Waals surface area contributed by atoms with Crippen molar-refractivity contribution in [2.24, 2.45) is 0 Å². The Hall–Kier alpha value is -2.74. The molecule has 1 aliphatic rings. The Balaban J connectivity index is 1.84. The van der Waals surface area contributed by atoms with Crippen LogP contribution in [0.3, 0.4) is 0 Å². The summed E-state index contributed by atoms with van der Waals surface area (Å²) in [5.41, 5.74) is 1.49. The van der Waals surface area contributed by atoms with E-state index in [1.54, 1.807) is 19.1 Å². The number of carbonyl (C=O) groups excluding carboxylic acids is 2. The van der Waals surface area contributed by atoms with Gasteiger partial charge in [-0.3, -0.25) is 24.2 Å². The van der Waals surface area contributed by atoms with Crippen molar-refractivity contribution in [3.8, 4) is 0 Å². The number of sulfonamides is 1. The topological polar surface area (TPSA) is 96.4 Å². The quantitative estimate of drug-likeness (QED) is 0.845. The van der Waals surface area contributed by atoms with Gasteiger partial charge in [-0.1, -0.05) is 0 Å². The zero-order valence-electron chi connectivity index (χ0n) is 13.6. The molecule has 0 saturated carbocycles. The van der Waals surface area contributed by atoms with Crippen LogP contribution < -0.4 is 9.62 Å². The largest absolute Gasteiger partial charge is 0.280 e. The van der Waals surface area contributed by atoms with E-state index in [0.717, 1.165) is 4.90 Å². The number of amides is 2. The first-order chi connectivity index (χ1) is 11.9. The van der Waals surface area contributed by atoms with E-state index in [4.69, 9.17) is 0 Å². The van der Waals surface area contributed by atoms with Crippen molar-refractivity contribution in [3.05, 3.63) is 48.3 Å². The molecule has 1 fully saturated rings. The lowest BCUT2D eigenvalue weighted by Crippen LogP contribution is -2.40. The lowest BCUT2D eigenvalue weighted by molar-refractivity contribution is -0.129. The Morgan fingerprint density at radius 3 is 2.28 bits per heavy atom. The van der Waals surface area contributed by atoms with Crippen LogP contribution >= 0.6 is 0 Å². The number of hydrogen-bond donors (Lipinski definition) is 1. The Bertz CT molecular complexity index is 907. The number of nitrogens with one attached hydrogen (secondary N) is 1. The molecule has 1 saturated heterocycles. The second kappa shape index (κ2) is 6.64. The second-order valence-electron chi connectivity index (χ2n) is 5.76. The Morgan fingerprint density at radius 1 is 1.04 bits per heavy atom. The molecule has 0 spiro atoms. The number of aryl methyl sites for hydroxylation is 1. The number of anilines is 2. The van der Waals surface area contributed by atoms with E-state index >= 15 is 0 Å². The fourth-order valence-corrected chi connectivity index (χ4v) is 3.69. The maximum absolute atomic E-state index is 12.5. The summed E-state index contributed by atoms with van der Waals surface area (Å²) in [6, 6.07) is 8.86. The van der Waals surface area contributed by atoms with Crippen molar-refractivity contribution in [2.45, 2.75) is 31.1 Å². The molecule has 8 heteroatoms. The lowest BCUT2D eigenvalue weighted by Gasteiger charge is -2.24. The Morgan fingerprint density at radius 2 is 1.68 bits per heavy atom. The van der Waals surface area contributed by atoms with Gasteiger partial charge < -0.3 is 0 Å². The van der Waals surface area contributed by atoms with Gasteiger partial charge in [0.15, 0.2) is 0 Å². The average molecular weight is 359 g/mol. The summed E-state index contributed by atoms with van der Waals surface area (Å²) in [6.07, 6.45) is 2.70. The van der Waals surface area contributed by atoms with Gasteiger partial charge >= 0.3 is 0 Å². The first kappa shape index (κ1) is 17.1. The van der Waals surface area contributed by atoms with Gasteiger partial charge in [-0.2, -0.15) is 0 Å².